The van der Waals surface area contributed by atoms with Gasteiger partial charge in [0.15, 0.2) is 0 Å². The number of halogens is 2. The fourth-order valence-electron chi connectivity index (χ4n) is 2.07. The van der Waals surface area contributed by atoms with Crippen molar-refractivity contribution in [1.29, 1.82) is 0 Å². The molecule has 4 nitrogen and oxygen atoms in total. The molecule has 0 amide bonds. The molecule has 0 saturated carbocycles. The van der Waals surface area contributed by atoms with Gasteiger partial charge < -0.3 is 10.4 Å². The lowest BCUT2D eigenvalue weighted by Gasteiger charge is -2.15. The first kappa shape index (κ1) is 15.4. The number of aryl methyl sites for hydroxylation is 2. The van der Waals surface area contributed by atoms with Crippen LogP contribution in [0.3, 0.4) is 0 Å². The van der Waals surface area contributed by atoms with Crippen LogP contribution < -0.4 is 5.32 Å². The molecule has 1 atom stereocenters. The van der Waals surface area contributed by atoms with Gasteiger partial charge in [-0.15, -0.1) is 11.3 Å². The largest absolute Gasteiger partial charge is 0.478 e. The van der Waals surface area contributed by atoms with E-state index in [0.29, 0.717) is 6.07 Å². The second kappa shape index (κ2) is 5.77. The highest BCUT2D eigenvalue weighted by Gasteiger charge is 2.18. The second-order valence-electron chi connectivity index (χ2n) is 4.67. The van der Waals surface area contributed by atoms with E-state index in [2.05, 4.69) is 10.3 Å². The smallest absolute Gasteiger partial charge is 0.338 e. The molecule has 0 aliphatic rings. The summed E-state index contributed by atoms with van der Waals surface area (Å²) in [5.41, 5.74) is 0.216. The highest BCUT2D eigenvalue weighted by atomic mass is 32.1. The number of hydrogen-bond acceptors (Lipinski definition) is 4. The van der Waals surface area contributed by atoms with Gasteiger partial charge >= 0.3 is 5.97 Å². The van der Waals surface area contributed by atoms with Gasteiger partial charge in [-0.2, -0.15) is 0 Å². The van der Waals surface area contributed by atoms with E-state index in [9.17, 15) is 13.6 Å². The van der Waals surface area contributed by atoms with Crippen molar-refractivity contribution >= 4 is 23.0 Å². The standard InChI is InChI=1S/C14H14F2N2O2S/c1-6-13(21-8(3)17-6)7(2)18-12-4-9(14(19)20)10(15)5-11(12)16/h4-5,7,18H,1-3H3,(H,19,20). The summed E-state index contributed by atoms with van der Waals surface area (Å²) in [6.07, 6.45) is 0. The Bertz CT molecular complexity index is 701. The van der Waals surface area contributed by atoms with Crippen molar-refractivity contribution in [2.75, 3.05) is 5.32 Å². The first-order valence-electron chi connectivity index (χ1n) is 6.22. The zero-order valence-corrected chi connectivity index (χ0v) is 12.5. The summed E-state index contributed by atoms with van der Waals surface area (Å²) in [6.45, 7) is 5.53. The fourth-order valence-corrected chi connectivity index (χ4v) is 3.00. The van der Waals surface area contributed by atoms with Gasteiger partial charge in [0.05, 0.1) is 28.0 Å². The number of rotatable bonds is 4. The predicted octanol–water partition coefficient (Wildman–Crippen LogP) is 3.91. The summed E-state index contributed by atoms with van der Waals surface area (Å²) >= 11 is 1.47. The summed E-state index contributed by atoms with van der Waals surface area (Å²) in [5.74, 6) is -3.36. The van der Waals surface area contributed by atoms with E-state index in [-0.39, 0.29) is 11.7 Å². The number of carboxylic acid groups (broad SMARTS) is 1. The highest BCUT2D eigenvalue weighted by Crippen LogP contribution is 2.29. The summed E-state index contributed by atoms with van der Waals surface area (Å²) < 4.78 is 27.1. The summed E-state index contributed by atoms with van der Waals surface area (Å²) in [5, 5.41) is 12.6. The number of nitrogens with one attached hydrogen (secondary N) is 1. The molecule has 0 aliphatic carbocycles. The molecule has 0 saturated heterocycles. The van der Waals surface area contributed by atoms with Gasteiger partial charge in [0.2, 0.25) is 0 Å². The van der Waals surface area contributed by atoms with Gasteiger partial charge in [-0.1, -0.05) is 0 Å². The van der Waals surface area contributed by atoms with Crippen molar-refractivity contribution in [3.63, 3.8) is 0 Å². The van der Waals surface area contributed by atoms with Crippen LogP contribution in [-0.4, -0.2) is 16.1 Å². The molecule has 1 unspecified atom stereocenters. The minimum Gasteiger partial charge on any atom is -0.478 e. The topological polar surface area (TPSA) is 62.2 Å². The van der Waals surface area contributed by atoms with Crippen LogP contribution in [0.2, 0.25) is 0 Å². The van der Waals surface area contributed by atoms with E-state index in [1.165, 1.54) is 11.3 Å². The molecular weight excluding hydrogens is 298 g/mol. The molecule has 1 aromatic heterocycles. The first-order chi connectivity index (χ1) is 9.79. The number of anilines is 1. The summed E-state index contributed by atoms with van der Waals surface area (Å²) in [6, 6.07) is 1.27. The Morgan fingerprint density at radius 1 is 1.33 bits per heavy atom. The van der Waals surface area contributed by atoms with Crippen LogP contribution in [0.4, 0.5) is 14.5 Å². The third-order valence-electron chi connectivity index (χ3n) is 2.99. The minimum absolute atomic E-state index is 0.0493. The third-order valence-corrected chi connectivity index (χ3v) is 4.25. The third kappa shape index (κ3) is 3.18. The van der Waals surface area contributed by atoms with Crippen molar-refractivity contribution in [2.45, 2.75) is 26.8 Å². The lowest BCUT2D eigenvalue weighted by Crippen LogP contribution is -2.10. The highest BCUT2D eigenvalue weighted by molar-refractivity contribution is 7.11. The van der Waals surface area contributed by atoms with Crippen LogP contribution >= 0.6 is 11.3 Å². The van der Waals surface area contributed by atoms with E-state index in [1.54, 1.807) is 0 Å². The summed E-state index contributed by atoms with van der Waals surface area (Å²) in [7, 11) is 0. The Morgan fingerprint density at radius 2 is 2.00 bits per heavy atom. The van der Waals surface area contributed by atoms with Crippen molar-refractivity contribution in [3.05, 3.63) is 44.9 Å². The van der Waals surface area contributed by atoms with Gasteiger partial charge in [-0.25, -0.2) is 18.6 Å². The molecule has 0 aliphatic heterocycles. The second-order valence-corrected chi connectivity index (χ2v) is 5.90. The molecule has 0 radical (unpaired) electrons. The Kier molecular flexibility index (Phi) is 4.22. The quantitative estimate of drug-likeness (QED) is 0.898. The molecule has 7 heteroatoms. The van der Waals surface area contributed by atoms with Gasteiger partial charge in [-0.3, -0.25) is 0 Å². The number of benzene rings is 1. The van der Waals surface area contributed by atoms with Crippen LogP contribution in [0.15, 0.2) is 12.1 Å². The zero-order chi connectivity index (χ0) is 15.7. The number of hydrogen-bond donors (Lipinski definition) is 2. The van der Waals surface area contributed by atoms with Gasteiger partial charge in [0.25, 0.3) is 0 Å². The minimum atomic E-state index is -1.44. The molecule has 2 N–H and O–H groups in total. The Morgan fingerprint density at radius 3 is 2.52 bits per heavy atom. The number of carbonyl (C=O) groups is 1. The van der Waals surface area contributed by atoms with Crippen LogP contribution in [0.25, 0.3) is 0 Å². The molecular formula is C14H14F2N2O2S. The molecule has 0 fully saturated rings. The summed E-state index contributed by atoms with van der Waals surface area (Å²) in [4.78, 5) is 16.1. The normalized spacial score (nSPS) is 12.2. The maximum absolute atomic E-state index is 13.8. The van der Waals surface area contributed by atoms with Crippen molar-refractivity contribution in [2.24, 2.45) is 0 Å². The van der Waals surface area contributed by atoms with E-state index >= 15 is 0 Å². The lowest BCUT2D eigenvalue weighted by atomic mass is 10.1. The maximum atomic E-state index is 13.8. The Balaban J connectivity index is 2.33. The molecule has 0 bridgehead atoms. The van der Waals surface area contributed by atoms with Gasteiger partial charge in [0, 0.05) is 10.9 Å². The molecule has 1 aromatic carbocycles. The van der Waals surface area contributed by atoms with Crippen LogP contribution in [0, 0.1) is 25.5 Å². The van der Waals surface area contributed by atoms with E-state index in [1.807, 2.05) is 20.8 Å². The number of carboxylic acids is 1. The van der Waals surface area contributed by atoms with Crippen molar-refractivity contribution in [1.82, 2.24) is 4.98 Å². The van der Waals surface area contributed by atoms with E-state index < -0.39 is 23.2 Å². The van der Waals surface area contributed by atoms with E-state index in [0.717, 1.165) is 21.6 Å². The zero-order valence-electron chi connectivity index (χ0n) is 11.7. The lowest BCUT2D eigenvalue weighted by molar-refractivity contribution is 0.0692. The Hall–Kier alpha value is -2.02. The van der Waals surface area contributed by atoms with Crippen LogP contribution in [-0.2, 0) is 0 Å². The van der Waals surface area contributed by atoms with Crippen molar-refractivity contribution in [3.8, 4) is 0 Å². The van der Waals surface area contributed by atoms with Crippen molar-refractivity contribution < 1.29 is 18.7 Å². The molecule has 21 heavy (non-hydrogen) atoms. The molecule has 112 valence electrons. The average molecular weight is 312 g/mol. The molecule has 2 aromatic rings. The predicted molar refractivity (Wildman–Crippen MR) is 76.9 cm³/mol. The number of aromatic nitrogens is 1. The van der Waals surface area contributed by atoms with E-state index in [4.69, 9.17) is 5.11 Å². The number of thiazole rings is 1. The van der Waals surface area contributed by atoms with Gasteiger partial charge in [-0.05, 0) is 26.8 Å². The van der Waals surface area contributed by atoms with Crippen LogP contribution in [0.5, 0.6) is 0 Å². The molecule has 0 spiro atoms. The molecule has 2 rings (SSSR count). The SMILES string of the molecule is Cc1nc(C)c(C(C)Nc2cc(C(=O)O)c(F)cc2F)s1. The number of aromatic carboxylic acids is 1. The first-order valence-corrected chi connectivity index (χ1v) is 7.04. The fraction of sp³-hybridized carbons (Fsp3) is 0.286. The number of nitrogens with zero attached hydrogens (tertiary/aromatic N) is 1. The monoisotopic (exact) mass is 312 g/mol. The molecule has 1 heterocycles. The van der Waals surface area contributed by atoms with Crippen LogP contribution in [0.1, 0.15) is 38.9 Å². The van der Waals surface area contributed by atoms with Gasteiger partial charge in [0.1, 0.15) is 11.6 Å². The average Bonchev–Trinajstić information content (AvgIpc) is 2.71. The maximum Gasteiger partial charge on any atom is 0.338 e. The Labute approximate surface area is 124 Å².